The van der Waals surface area contributed by atoms with Gasteiger partial charge in [-0.15, -0.1) is 0 Å². The van der Waals surface area contributed by atoms with Gasteiger partial charge < -0.3 is 47.5 Å². The van der Waals surface area contributed by atoms with Crippen molar-refractivity contribution in [3.05, 3.63) is 60.8 Å². The van der Waals surface area contributed by atoms with Crippen molar-refractivity contribution in [2.45, 2.75) is 44.7 Å². The molecular formula is C40H49N9O5. The zero-order chi connectivity index (χ0) is 36.8. The van der Waals surface area contributed by atoms with Crippen LogP contribution in [0, 0.1) is 0 Å². The summed E-state index contributed by atoms with van der Waals surface area (Å²) in [5, 5.41) is 3.15. The Morgan fingerprint density at radius 2 is 1.33 bits per heavy atom. The van der Waals surface area contributed by atoms with Crippen molar-refractivity contribution in [1.29, 1.82) is 0 Å². The molecule has 54 heavy (non-hydrogen) atoms. The Morgan fingerprint density at radius 3 is 2.07 bits per heavy atom. The predicted molar refractivity (Wildman–Crippen MR) is 206 cm³/mol. The zero-order valence-electron chi connectivity index (χ0n) is 31.6. The zero-order valence-corrected chi connectivity index (χ0v) is 31.6. The summed E-state index contributed by atoms with van der Waals surface area (Å²) in [6.45, 7) is 8.00. The van der Waals surface area contributed by atoms with E-state index >= 15 is 0 Å². The van der Waals surface area contributed by atoms with Crippen LogP contribution in [0.2, 0.25) is 0 Å². The number of benzene rings is 1. The van der Waals surface area contributed by atoms with E-state index in [1.165, 1.54) is 5.56 Å². The van der Waals surface area contributed by atoms with E-state index in [9.17, 15) is 0 Å². The van der Waals surface area contributed by atoms with Crippen molar-refractivity contribution >= 4 is 32.8 Å². The number of likely N-dealkylation sites (N-methyl/N-ethyl adjacent to an activating group) is 3. The summed E-state index contributed by atoms with van der Waals surface area (Å²) in [5.74, 6) is 4.15. The molecule has 2 atom stereocenters. The Hall–Kier alpha value is -5.05. The van der Waals surface area contributed by atoms with Crippen LogP contribution in [-0.2, 0) is 26.1 Å². The molecule has 14 nitrogen and oxygen atoms in total. The molecule has 0 fully saturated rings. The molecule has 5 aromatic heterocycles. The van der Waals surface area contributed by atoms with E-state index in [1.807, 2.05) is 24.7 Å². The van der Waals surface area contributed by atoms with Crippen LogP contribution in [0.5, 0.6) is 29.1 Å². The second kappa shape index (κ2) is 14.6. The molecule has 6 aromatic rings. The fraction of sp³-hybridized carbons (Fsp3) is 0.475. The molecule has 9 rings (SSSR count). The third-order valence-electron chi connectivity index (χ3n) is 10.8. The number of aryl methyl sites for hydroxylation is 1. The minimum absolute atomic E-state index is 0.101. The lowest BCUT2D eigenvalue weighted by Crippen LogP contribution is -2.41. The molecular weight excluding hydrogens is 686 g/mol. The van der Waals surface area contributed by atoms with E-state index < -0.39 is 0 Å². The highest BCUT2D eigenvalue weighted by Crippen LogP contribution is 2.43. The molecule has 2 unspecified atom stereocenters. The quantitative estimate of drug-likeness (QED) is 0.171. The van der Waals surface area contributed by atoms with Gasteiger partial charge in [0.25, 0.3) is 0 Å². The Labute approximate surface area is 314 Å². The second-order valence-electron chi connectivity index (χ2n) is 15.1. The summed E-state index contributed by atoms with van der Waals surface area (Å²) in [4.78, 5) is 20.0. The largest absolute Gasteiger partial charge is 0.479 e. The van der Waals surface area contributed by atoms with Gasteiger partial charge in [0.15, 0.2) is 17.4 Å². The summed E-state index contributed by atoms with van der Waals surface area (Å²) < 4.78 is 39.1. The van der Waals surface area contributed by atoms with Gasteiger partial charge in [-0.2, -0.15) is 0 Å². The molecule has 0 saturated heterocycles. The van der Waals surface area contributed by atoms with Crippen LogP contribution in [0.25, 0.3) is 32.8 Å². The van der Waals surface area contributed by atoms with Gasteiger partial charge in [-0.3, -0.25) is 9.55 Å². The first-order valence-electron chi connectivity index (χ1n) is 19.0. The molecule has 0 saturated carbocycles. The van der Waals surface area contributed by atoms with E-state index in [4.69, 9.17) is 23.7 Å². The third-order valence-corrected chi connectivity index (χ3v) is 10.8. The number of nitrogens with zero attached hydrogens (tertiary/aromatic N) is 9. The summed E-state index contributed by atoms with van der Waals surface area (Å²) in [6.07, 6.45) is 9.04. The lowest BCUT2D eigenvalue weighted by molar-refractivity contribution is 0.0562. The van der Waals surface area contributed by atoms with Crippen molar-refractivity contribution < 1.29 is 23.7 Å². The highest BCUT2D eigenvalue weighted by molar-refractivity contribution is 5.91. The maximum atomic E-state index is 6.72. The fourth-order valence-electron chi connectivity index (χ4n) is 8.15. The van der Waals surface area contributed by atoms with Crippen molar-refractivity contribution in [3.8, 4) is 29.1 Å². The first-order valence-corrected chi connectivity index (χ1v) is 19.0. The number of hydrogen-bond donors (Lipinski definition) is 0. The topological polar surface area (TPSA) is 109 Å². The minimum atomic E-state index is -0.106. The van der Waals surface area contributed by atoms with E-state index in [2.05, 4.69) is 95.8 Å². The van der Waals surface area contributed by atoms with Gasteiger partial charge in [-0.25, -0.2) is 9.97 Å². The van der Waals surface area contributed by atoms with Gasteiger partial charge in [-0.05, 0) is 59.2 Å². The SMILES string of the molecule is CN(C)CCn1c2c(c3cnccc31)OC(CN(C)CCn1c3c(c4ccccc41)OC(CN(C)CCn1c4c(c5cncnc51)CCCO4)CO3)CO2. The molecule has 3 aliphatic rings. The molecule has 0 bridgehead atoms. The van der Waals surface area contributed by atoms with Gasteiger partial charge in [0, 0.05) is 87.3 Å². The van der Waals surface area contributed by atoms with Crippen LogP contribution < -0.4 is 23.7 Å². The van der Waals surface area contributed by atoms with Crippen LogP contribution in [-0.4, -0.2) is 136 Å². The molecule has 8 heterocycles. The lowest BCUT2D eigenvalue weighted by Gasteiger charge is -2.30. The molecule has 0 amide bonds. The van der Waals surface area contributed by atoms with Gasteiger partial charge in [0.1, 0.15) is 37.4 Å². The van der Waals surface area contributed by atoms with E-state index in [0.717, 1.165) is 134 Å². The second-order valence-corrected chi connectivity index (χ2v) is 15.1. The lowest BCUT2D eigenvalue weighted by atomic mass is 10.1. The fourth-order valence-corrected chi connectivity index (χ4v) is 8.15. The van der Waals surface area contributed by atoms with Crippen molar-refractivity contribution in [2.75, 3.05) is 80.7 Å². The Morgan fingerprint density at radius 1 is 0.685 bits per heavy atom. The van der Waals surface area contributed by atoms with Crippen LogP contribution in [0.4, 0.5) is 0 Å². The number of rotatable bonds is 13. The summed E-state index contributed by atoms with van der Waals surface area (Å²) >= 11 is 0. The van der Waals surface area contributed by atoms with Crippen molar-refractivity contribution in [1.82, 2.24) is 43.4 Å². The van der Waals surface area contributed by atoms with Crippen molar-refractivity contribution in [2.24, 2.45) is 0 Å². The molecule has 284 valence electrons. The Kier molecular flexibility index (Phi) is 9.41. The molecule has 0 N–H and O–H groups in total. The van der Waals surface area contributed by atoms with Crippen LogP contribution in [0.3, 0.4) is 0 Å². The number of aromatic nitrogens is 6. The standard InChI is InChI=1S/C40H49N9O5/c1-44(2)13-16-47-34-11-12-41-21-32(34)36-40(47)52-25-28(54-36)23-45(3)14-17-48-33-10-6-5-8-30(33)35-39(48)51-24-27(53-35)22-46(4)15-18-49-37-31(20-42-26-43-37)29-9-7-19-50-38(29)49/h5-6,8,10-12,20-21,26-28H,7,9,13-19,22-25H2,1-4H3. The highest BCUT2D eigenvalue weighted by Gasteiger charge is 2.32. The van der Waals surface area contributed by atoms with Crippen molar-refractivity contribution in [3.63, 3.8) is 0 Å². The Bertz CT molecular complexity index is 2280. The first kappa shape index (κ1) is 34.7. The number of ether oxygens (including phenoxy) is 5. The monoisotopic (exact) mass is 735 g/mol. The predicted octanol–water partition coefficient (Wildman–Crippen LogP) is 4.17. The molecule has 14 heteroatoms. The van der Waals surface area contributed by atoms with Gasteiger partial charge in [0.05, 0.1) is 23.0 Å². The minimum Gasteiger partial charge on any atom is -0.479 e. The average molecular weight is 736 g/mol. The maximum absolute atomic E-state index is 6.72. The van der Waals surface area contributed by atoms with Crippen LogP contribution in [0.15, 0.2) is 55.2 Å². The summed E-state index contributed by atoms with van der Waals surface area (Å²) in [6, 6.07) is 10.4. The molecule has 1 aromatic carbocycles. The normalized spacial score (nSPS) is 18.0. The molecule has 0 spiro atoms. The van der Waals surface area contributed by atoms with Crippen LogP contribution in [0.1, 0.15) is 12.0 Å². The summed E-state index contributed by atoms with van der Waals surface area (Å²) in [5.41, 5.74) is 4.36. The molecule has 0 aliphatic carbocycles. The number of fused-ring (bicyclic) bond motifs is 9. The molecule has 3 aliphatic heterocycles. The van der Waals surface area contributed by atoms with E-state index in [0.29, 0.717) is 13.2 Å². The van der Waals surface area contributed by atoms with Gasteiger partial charge in [0.2, 0.25) is 11.8 Å². The highest BCUT2D eigenvalue weighted by atomic mass is 16.6. The number of hydrogen-bond acceptors (Lipinski definition) is 11. The van der Waals surface area contributed by atoms with Gasteiger partial charge >= 0.3 is 0 Å². The van der Waals surface area contributed by atoms with E-state index in [1.54, 1.807) is 6.33 Å². The Balaban J connectivity index is 0.838. The van der Waals surface area contributed by atoms with E-state index in [-0.39, 0.29) is 12.2 Å². The number of pyridine rings is 1. The number of para-hydroxylation sites is 1. The summed E-state index contributed by atoms with van der Waals surface area (Å²) in [7, 11) is 8.43. The maximum Gasteiger partial charge on any atom is 0.238 e. The van der Waals surface area contributed by atoms with Crippen LogP contribution >= 0.6 is 0 Å². The smallest absolute Gasteiger partial charge is 0.238 e. The first-order chi connectivity index (χ1) is 26.4. The molecule has 0 radical (unpaired) electrons. The van der Waals surface area contributed by atoms with Gasteiger partial charge in [-0.1, -0.05) is 12.1 Å². The third kappa shape index (κ3) is 6.45. The average Bonchev–Trinajstić information content (AvgIpc) is 3.80.